The number of ether oxygens (including phenoxy) is 1. The van der Waals surface area contributed by atoms with E-state index in [1.807, 2.05) is 18.2 Å². The first-order valence-electron chi connectivity index (χ1n) is 6.82. The molecule has 1 atom stereocenters. The van der Waals surface area contributed by atoms with Crippen molar-refractivity contribution in [3.05, 3.63) is 30.3 Å². The zero-order chi connectivity index (χ0) is 11.9. The van der Waals surface area contributed by atoms with Gasteiger partial charge >= 0.3 is 0 Å². The summed E-state index contributed by atoms with van der Waals surface area (Å²) in [6.45, 7) is 4.52. The molecule has 1 heterocycles. The quantitative estimate of drug-likeness (QED) is 0.843. The van der Waals surface area contributed by atoms with E-state index < -0.39 is 0 Å². The van der Waals surface area contributed by atoms with Crippen LogP contribution >= 0.6 is 0 Å². The maximum Gasteiger partial charge on any atom is 0.119 e. The molecule has 1 saturated heterocycles. The SMILES string of the molecule is CCCC(Oc1ccccc1)C1CCNCC1. The molecule has 0 radical (unpaired) electrons. The second-order valence-electron chi connectivity index (χ2n) is 4.85. The zero-order valence-electron chi connectivity index (χ0n) is 10.7. The molecule has 1 unspecified atom stereocenters. The summed E-state index contributed by atoms with van der Waals surface area (Å²) in [5.74, 6) is 1.74. The maximum absolute atomic E-state index is 6.17. The maximum atomic E-state index is 6.17. The number of benzene rings is 1. The zero-order valence-corrected chi connectivity index (χ0v) is 10.7. The van der Waals surface area contributed by atoms with Gasteiger partial charge in [-0.25, -0.2) is 0 Å². The normalized spacial score (nSPS) is 18.9. The van der Waals surface area contributed by atoms with Crippen molar-refractivity contribution in [1.29, 1.82) is 0 Å². The molecule has 1 aliphatic heterocycles. The molecular weight excluding hydrogens is 210 g/mol. The van der Waals surface area contributed by atoms with E-state index in [2.05, 4.69) is 24.4 Å². The summed E-state index contributed by atoms with van der Waals surface area (Å²) in [5.41, 5.74) is 0. The highest BCUT2D eigenvalue weighted by atomic mass is 16.5. The van der Waals surface area contributed by atoms with Crippen molar-refractivity contribution in [2.75, 3.05) is 13.1 Å². The lowest BCUT2D eigenvalue weighted by Crippen LogP contribution is -2.36. The molecule has 0 spiro atoms. The Hall–Kier alpha value is -1.02. The van der Waals surface area contributed by atoms with Gasteiger partial charge in [0.15, 0.2) is 0 Å². The average Bonchev–Trinajstić information content (AvgIpc) is 2.40. The Morgan fingerprint density at radius 1 is 1.24 bits per heavy atom. The standard InChI is InChI=1S/C15H23NO/c1-2-6-15(13-9-11-16-12-10-13)17-14-7-4-3-5-8-14/h3-5,7-8,13,15-16H,2,6,9-12H2,1H3. The molecule has 0 aliphatic carbocycles. The highest BCUT2D eigenvalue weighted by molar-refractivity contribution is 5.21. The second-order valence-corrected chi connectivity index (χ2v) is 4.85. The Morgan fingerprint density at radius 3 is 2.59 bits per heavy atom. The summed E-state index contributed by atoms with van der Waals surface area (Å²) in [5, 5.41) is 3.42. The van der Waals surface area contributed by atoms with Gasteiger partial charge in [-0.3, -0.25) is 0 Å². The van der Waals surface area contributed by atoms with Crippen LogP contribution in [-0.4, -0.2) is 19.2 Å². The summed E-state index contributed by atoms with van der Waals surface area (Å²) in [6.07, 6.45) is 5.25. The van der Waals surface area contributed by atoms with Gasteiger partial charge in [0.2, 0.25) is 0 Å². The minimum atomic E-state index is 0.393. The predicted molar refractivity (Wildman–Crippen MR) is 71.4 cm³/mol. The fourth-order valence-electron chi connectivity index (χ4n) is 2.57. The van der Waals surface area contributed by atoms with Crippen molar-refractivity contribution < 1.29 is 4.74 Å². The Labute approximate surface area is 104 Å². The van der Waals surface area contributed by atoms with Gasteiger partial charge in [-0.15, -0.1) is 0 Å². The van der Waals surface area contributed by atoms with Crippen LogP contribution in [0, 0.1) is 5.92 Å². The molecule has 2 heteroatoms. The van der Waals surface area contributed by atoms with Crippen molar-refractivity contribution in [3.8, 4) is 5.75 Å². The Morgan fingerprint density at radius 2 is 1.94 bits per heavy atom. The molecule has 1 aromatic carbocycles. The Kier molecular flexibility index (Phi) is 4.87. The van der Waals surface area contributed by atoms with Crippen LogP contribution in [0.25, 0.3) is 0 Å². The van der Waals surface area contributed by atoms with E-state index in [1.165, 1.54) is 25.7 Å². The lowest BCUT2D eigenvalue weighted by molar-refractivity contribution is 0.103. The molecule has 2 rings (SSSR count). The lowest BCUT2D eigenvalue weighted by atomic mass is 9.89. The topological polar surface area (TPSA) is 21.3 Å². The molecule has 1 aromatic rings. The minimum Gasteiger partial charge on any atom is -0.490 e. The van der Waals surface area contributed by atoms with Crippen LogP contribution in [0.1, 0.15) is 32.6 Å². The van der Waals surface area contributed by atoms with E-state index in [4.69, 9.17) is 4.74 Å². The van der Waals surface area contributed by atoms with Crippen molar-refractivity contribution in [1.82, 2.24) is 5.32 Å². The number of hydrogen-bond donors (Lipinski definition) is 1. The minimum absolute atomic E-state index is 0.393. The number of para-hydroxylation sites is 1. The number of piperidine rings is 1. The third kappa shape index (κ3) is 3.74. The van der Waals surface area contributed by atoms with E-state index in [-0.39, 0.29) is 0 Å². The van der Waals surface area contributed by atoms with Crippen molar-refractivity contribution in [3.63, 3.8) is 0 Å². The van der Waals surface area contributed by atoms with Gasteiger partial charge < -0.3 is 10.1 Å². The van der Waals surface area contributed by atoms with Crippen LogP contribution in [0.2, 0.25) is 0 Å². The van der Waals surface area contributed by atoms with E-state index in [0.29, 0.717) is 6.10 Å². The van der Waals surface area contributed by atoms with Gasteiger partial charge in [0, 0.05) is 0 Å². The van der Waals surface area contributed by atoms with Gasteiger partial charge in [0.1, 0.15) is 11.9 Å². The van der Waals surface area contributed by atoms with E-state index in [1.54, 1.807) is 0 Å². The van der Waals surface area contributed by atoms with E-state index in [0.717, 1.165) is 24.8 Å². The van der Waals surface area contributed by atoms with Gasteiger partial charge in [-0.05, 0) is 50.4 Å². The highest BCUT2D eigenvalue weighted by Crippen LogP contribution is 2.24. The monoisotopic (exact) mass is 233 g/mol. The van der Waals surface area contributed by atoms with Crippen molar-refractivity contribution >= 4 is 0 Å². The van der Waals surface area contributed by atoms with Crippen LogP contribution in [0.3, 0.4) is 0 Å². The molecule has 0 amide bonds. The highest BCUT2D eigenvalue weighted by Gasteiger charge is 2.24. The Bertz CT molecular complexity index is 306. The fraction of sp³-hybridized carbons (Fsp3) is 0.600. The van der Waals surface area contributed by atoms with Crippen LogP contribution in [-0.2, 0) is 0 Å². The first kappa shape index (κ1) is 12.4. The van der Waals surface area contributed by atoms with Gasteiger partial charge in [0.25, 0.3) is 0 Å². The van der Waals surface area contributed by atoms with Crippen molar-refractivity contribution in [2.24, 2.45) is 5.92 Å². The molecule has 0 aromatic heterocycles. The molecule has 1 fully saturated rings. The molecule has 2 nitrogen and oxygen atoms in total. The molecule has 17 heavy (non-hydrogen) atoms. The summed E-state index contributed by atoms with van der Waals surface area (Å²) >= 11 is 0. The van der Waals surface area contributed by atoms with Crippen LogP contribution < -0.4 is 10.1 Å². The summed E-state index contributed by atoms with van der Waals surface area (Å²) in [6, 6.07) is 10.2. The van der Waals surface area contributed by atoms with Gasteiger partial charge in [0.05, 0.1) is 0 Å². The van der Waals surface area contributed by atoms with E-state index >= 15 is 0 Å². The van der Waals surface area contributed by atoms with Crippen molar-refractivity contribution in [2.45, 2.75) is 38.7 Å². The number of nitrogens with one attached hydrogen (secondary N) is 1. The molecule has 0 bridgehead atoms. The van der Waals surface area contributed by atoms with Crippen LogP contribution in [0.5, 0.6) is 5.75 Å². The molecular formula is C15H23NO. The van der Waals surface area contributed by atoms with Gasteiger partial charge in [-0.1, -0.05) is 31.5 Å². The largest absolute Gasteiger partial charge is 0.490 e. The molecule has 1 aliphatic rings. The third-order valence-electron chi connectivity index (χ3n) is 3.51. The molecule has 1 N–H and O–H groups in total. The summed E-state index contributed by atoms with van der Waals surface area (Å²) < 4.78 is 6.17. The van der Waals surface area contributed by atoms with Crippen LogP contribution in [0.4, 0.5) is 0 Å². The molecule has 94 valence electrons. The first-order valence-corrected chi connectivity index (χ1v) is 6.82. The smallest absolute Gasteiger partial charge is 0.119 e. The third-order valence-corrected chi connectivity index (χ3v) is 3.51. The Balaban J connectivity index is 1.96. The summed E-state index contributed by atoms with van der Waals surface area (Å²) in [4.78, 5) is 0. The number of hydrogen-bond acceptors (Lipinski definition) is 2. The van der Waals surface area contributed by atoms with Crippen LogP contribution in [0.15, 0.2) is 30.3 Å². The van der Waals surface area contributed by atoms with Gasteiger partial charge in [-0.2, -0.15) is 0 Å². The predicted octanol–water partition coefficient (Wildman–Crippen LogP) is 3.23. The summed E-state index contributed by atoms with van der Waals surface area (Å²) in [7, 11) is 0. The number of rotatable bonds is 5. The lowest BCUT2D eigenvalue weighted by Gasteiger charge is -2.31. The second kappa shape index (κ2) is 6.65. The first-order chi connectivity index (χ1) is 8.40. The fourth-order valence-corrected chi connectivity index (χ4v) is 2.57. The van der Waals surface area contributed by atoms with E-state index in [9.17, 15) is 0 Å². The average molecular weight is 233 g/mol. The molecule has 0 saturated carbocycles.